The van der Waals surface area contributed by atoms with E-state index >= 15 is 0 Å². The van der Waals surface area contributed by atoms with Gasteiger partial charge >= 0.3 is 0 Å². The molecule has 0 radical (unpaired) electrons. The standard InChI is InChI=1S/C11H13FN4O4/c12-6-7(18)5(3-17)20-10(6)16-2-1-4-8(16)14-11(13)15-9(4)19/h1-2,5-7,10,17-18H,3H2,(H3,13,14,15,19)/t5-,6-,7-,10-/m1/s1. The Balaban J connectivity index is 2.09. The second-order valence-electron chi connectivity index (χ2n) is 4.59. The Morgan fingerprint density at radius 2 is 2.35 bits per heavy atom. The van der Waals surface area contributed by atoms with Crippen molar-refractivity contribution in [3.05, 3.63) is 22.6 Å². The van der Waals surface area contributed by atoms with Gasteiger partial charge in [-0.3, -0.25) is 9.78 Å². The first-order valence-corrected chi connectivity index (χ1v) is 5.97. The number of H-pyrrole nitrogens is 1. The van der Waals surface area contributed by atoms with Gasteiger partial charge in [-0.1, -0.05) is 0 Å². The van der Waals surface area contributed by atoms with E-state index < -0.39 is 36.8 Å². The highest BCUT2D eigenvalue weighted by atomic mass is 19.1. The van der Waals surface area contributed by atoms with Crippen LogP contribution in [0.1, 0.15) is 6.23 Å². The van der Waals surface area contributed by atoms with Gasteiger partial charge in [0.05, 0.1) is 12.0 Å². The lowest BCUT2D eigenvalue weighted by atomic mass is 10.1. The highest BCUT2D eigenvalue weighted by molar-refractivity contribution is 5.76. The zero-order valence-electron chi connectivity index (χ0n) is 10.2. The summed E-state index contributed by atoms with van der Waals surface area (Å²) < 4.78 is 20.6. The summed E-state index contributed by atoms with van der Waals surface area (Å²) in [5.74, 6) is -0.102. The highest BCUT2D eigenvalue weighted by Gasteiger charge is 2.45. The molecule has 1 fully saturated rings. The van der Waals surface area contributed by atoms with Crippen molar-refractivity contribution in [1.82, 2.24) is 14.5 Å². The summed E-state index contributed by atoms with van der Waals surface area (Å²) in [5.41, 5.74) is 5.17. The van der Waals surface area contributed by atoms with Gasteiger partial charge in [-0.25, -0.2) is 4.39 Å². The average molecular weight is 284 g/mol. The number of aliphatic hydroxyl groups is 2. The second-order valence-corrected chi connectivity index (χ2v) is 4.59. The predicted octanol–water partition coefficient (Wildman–Crippen LogP) is -1.10. The van der Waals surface area contributed by atoms with Crippen LogP contribution >= 0.6 is 0 Å². The molecule has 3 heterocycles. The molecule has 5 N–H and O–H groups in total. The fourth-order valence-electron chi connectivity index (χ4n) is 2.34. The summed E-state index contributed by atoms with van der Waals surface area (Å²) in [6.07, 6.45) is -3.96. The Labute approximate surface area is 111 Å². The van der Waals surface area contributed by atoms with Crippen LogP contribution in [0.5, 0.6) is 0 Å². The number of nitrogens with zero attached hydrogens (tertiary/aromatic N) is 2. The Morgan fingerprint density at radius 1 is 1.60 bits per heavy atom. The molecule has 0 saturated carbocycles. The van der Waals surface area contributed by atoms with Gasteiger partial charge in [0.25, 0.3) is 5.56 Å². The van der Waals surface area contributed by atoms with Crippen molar-refractivity contribution in [1.29, 1.82) is 0 Å². The van der Waals surface area contributed by atoms with E-state index in [1.165, 1.54) is 16.8 Å². The molecule has 0 aliphatic carbocycles. The van der Waals surface area contributed by atoms with E-state index in [4.69, 9.17) is 15.6 Å². The predicted molar refractivity (Wildman–Crippen MR) is 66.7 cm³/mol. The number of ether oxygens (including phenoxy) is 1. The lowest BCUT2D eigenvalue weighted by Gasteiger charge is -2.15. The van der Waals surface area contributed by atoms with Crippen LogP contribution in [0, 0.1) is 0 Å². The summed E-state index contributed by atoms with van der Waals surface area (Å²) in [6.45, 7) is -0.507. The van der Waals surface area contributed by atoms with Gasteiger partial charge in [0.1, 0.15) is 12.2 Å². The molecule has 2 aromatic heterocycles. The number of nitrogens with one attached hydrogen (secondary N) is 1. The van der Waals surface area contributed by atoms with E-state index in [0.29, 0.717) is 0 Å². The van der Waals surface area contributed by atoms with Gasteiger partial charge in [-0.2, -0.15) is 4.98 Å². The molecule has 1 aliphatic rings. The number of anilines is 1. The third-order valence-electron chi connectivity index (χ3n) is 3.35. The van der Waals surface area contributed by atoms with E-state index in [1.807, 2.05) is 0 Å². The van der Waals surface area contributed by atoms with Crippen molar-refractivity contribution in [3.8, 4) is 0 Å². The molecule has 8 nitrogen and oxygen atoms in total. The summed E-state index contributed by atoms with van der Waals surface area (Å²) in [6, 6.07) is 1.45. The van der Waals surface area contributed by atoms with Gasteiger partial charge in [0.2, 0.25) is 5.95 Å². The minimum Gasteiger partial charge on any atom is -0.394 e. The first-order chi connectivity index (χ1) is 9.52. The zero-order chi connectivity index (χ0) is 14.4. The van der Waals surface area contributed by atoms with Crippen LogP contribution in [0.3, 0.4) is 0 Å². The number of aromatic amines is 1. The van der Waals surface area contributed by atoms with Crippen LogP contribution in [0.4, 0.5) is 10.3 Å². The van der Waals surface area contributed by atoms with Crippen LogP contribution < -0.4 is 11.3 Å². The van der Waals surface area contributed by atoms with Crippen LogP contribution in [0.2, 0.25) is 0 Å². The lowest BCUT2D eigenvalue weighted by molar-refractivity contribution is -0.0457. The fraction of sp³-hybridized carbons (Fsp3) is 0.455. The lowest BCUT2D eigenvalue weighted by Crippen LogP contribution is -2.30. The second kappa shape index (κ2) is 4.54. The van der Waals surface area contributed by atoms with Crippen molar-refractivity contribution >= 4 is 17.0 Å². The first kappa shape index (κ1) is 13.0. The Kier molecular flexibility index (Phi) is 2.96. The van der Waals surface area contributed by atoms with Gasteiger partial charge in [-0.15, -0.1) is 0 Å². The molecule has 0 aromatic carbocycles. The maximum atomic E-state index is 14.1. The molecule has 1 aliphatic heterocycles. The molecule has 0 spiro atoms. The molecule has 0 unspecified atom stereocenters. The van der Waals surface area contributed by atoms with Crippen LogP contribution in [-0.2, 0) is 4.74 Å². The number of alkyl halides is 1. The zero-order valence-corrected chi connectivity index (χ0v) is 10.2. The van der Waals surface area contributed by atoms with Gasteiger partial charge in [0.15, 0.2) is 18.0 Å². The van der Waals surface area contributed by atoms with Crippen molar-refractivity contribution in [2.45, 2.75) is 24.6 Å². The topological polar surface area (TPSA) is 126 Å². The maximum absolute atomic E-state index is 14.1. The molecule has 108 valence electrons. The van der Waals surface area contributed by atoms with E-state index in [9.17, 15) is 14.3 Å². The van der Waals surface area contributed by atoms with E-state index in [0.717, 1.165) is 0 Å². The SMILES string of the molecule is Nc1nc2c(ccn2[C@@H]2O[C@H](CO)[C@@H](O)[C@H]2F)c(=O)[nH]1. The minimum absolute atomic E-state index is 0.102. The van der Waals surface area contributed by atoms with Gasteiger partial charge in [-0.05, 0) is 6.07 Å². The summed E-state index contributed by atoms with van der Waals surface area (Å²) in [4.78, 5) is 18.0. The third-order valence-corrected chi connectivity index (χ3v) is 3.35. The minimum atomic E-state index is -1.75. The summed E-state index contributed by atoms with van der Waals surface area (Å²) in [7, 11) is 0. The summed E-state index contributed by atoms with van der Waals surface area (Å²) in [5, 5.41) is 18.9. The Hall–Kier alpha value is -1.97. The van der Waals surface area contributed by atoms with Crippen LogP contribution in [-0.4, -0.2) is 49.7 Å². The Morgan fingerprint density at radius 3 is 3.00 bits per heavy atom. The van der Waals surface area contributed by atoms with E-state index in [-0.39, 0.29) is 17.0 Å². The number of fused-ring (bicyclic) bond motifs is 1. The molecule has 9 heteroatoms. The number of nitrogens with two attached hydrogens (primary N) is 1. The number of aromatic nitrogens is 3. The quantitative estimate of drug-likeness (QED) is 0.554. The Bertz CT molecular complexity index is 699. The fourth-order valence-corrected chi connectivity index (χ4v) is 2.34. The van der Waals surface area contributed by atoms with Crippen molar-refractivity contribution in [2.24, 2.45) is 0 Å². The van der Waals surface area contributed by atoms with Gasteiger partial charge in [0, 0.05) is 6.20 Å². The van der Waals surface area contributed by atoms with E-state index in [1.54, 1.807) is 0 Å². The molecular formula is C11H13FN4O4. The molecular weight excluding hydrogens is 271 g/mol. The van der Waals surface area contributed by atoms with Crippen LogP contribution in [0.25, 0.3) is 11.0 Å². The number of rotatable bonds is 2. The van der Waals surface area contributed by atoms with E-state index in [2.05, 4.69) is 9.97 Å². The molecule has 4 atom stereocenters. The third kappa shape index (κ3) is 1.79. The smallest absolute Gasteiger partial charge is 0.261 e. The molecule has 2 aromatic rings. The average Bonchev–Trinajstić information content (AvgIpc) is 2.93. The maximum Gasteiger partial charge on any atom is 0.261 e. The molecule has 3 rings (SSSR count). The number of hydrogen-bond donors (Lipinski definition) is 4. The van der Waals surface area contributed by atoms with Crippen molar-refractivity contribution < 1.29 is 19.3 Å². The van der Waals surface area contributed by atoms with Crippen molar-refractivity contribution in [2.75, 3.05) is 12.3 Å². The normalized spacial score (nSPS) is 30.1. The highest BCUT2D eigenvalue weighted by Crippen LogP contribution is 2.33. The van der Waals surface area contributed by atoms with Crippen LogP contribution in [0.15, 0.2) is 17.1 Å². The van der Waals surface area contributed by atoms with Gasteiger partial charge < -0.3 is 25.3 Å². The monoisotopic (exact) mass is 284 g/mol. The molecule has 0 amide bonds. The number of aliphatic hydroxyl groups excluding tert-OH is 2. The summed E-state index contributed by atoms with van der Waals surface area (Å²) >= 11 is 0. The molecule has 20 heavy (non-hydrogen) atoms. The first-order valence-electron chi connectivity index (χ1n) is 5.97. The molecule has 1 saturated heterocycles. The largest absolute Gasteiger partial charge is 0.394 e. The number of halogens is 1. The van der Waals surface area contributed by atoms with Crippen molar-refractivity contribution in [3.63, 3.8) is 0 Å². The number of nitrogen functional groups attached to an aromatic ring is 1. The molecule has 0 bridgehead atoms. The number of hydrogen-bond acceptors (Lipinski definition) is 6.